The molecule has 0 bridgehead atoms. The van der Waals surface area contributed by atoms with Crippen LogP contribution < -0.4 is 0 Å². The van der Waals surface area contributed by atoms with Gasteiger partial charge in [-0.1, -0.05) is 30.3 Å². The van der Waals surface area contributed by atoms with Crippen molar-refractivity contribution < 1.29 is 4.79 Å². The molecule has 0 aliphatic rings. The minimum Gasteiger partial charge on any atom is -0.349 e. The van der Waals surface area contributed by atoms with E-state index >= 15 is 0 Å². The van der Waals surface area contributed by atoms with E-state index in [4.69, 9.17) is 0 Å². The molecule has 1 amide bonds. The van der Waals surface area contributed by atoms with E-state index in [1.54, 1.807) is 19.0 Å². The lowest BCUT2D eigenvalue weighted by Gasteiger charge is -2.25. The molecular formula is C13H20N2O. The topological polar surface area (TPSA) is 23.6 Å². The molecule has 3 nitrogen and oxygen atoms in total. The number of carbonyl (C=O) groups excluding carboxylic acids is 1. The van der Waals surface area contributed by atoms with Crippen molar-refractivity contribution in [3.63, 3.8) is 0 Å². The van der Waals surface area contributed by atoms with Crippen LogP contribution in [0.15, 0.2) is 30.3 Å². The Bertz CT molecular complexity index is 333. The van der Waals surface area contributed by atoms with Gasteiger partial charge in [0.15, 0.2) is 0 Å². The summed E-state index contributed by atoms with van der Waals surface area (Å²) < 4.78 is 0. The molecule has 3 heteroatoms. The number of amides is 1. The molecule has 0 fully saturated rings. The summed E-state index contributed by atoms with van der Waals surface area (Å²) in [5.74, 6) is 0.155. The first-order valence-corrected chi connectivity index (χ1v) is 5.44. The van der Waals surface area contributed by atoms with Crippen molar-refractivity contribution in [1.29, 1.82) is 0 Å². The van der Waals surface area contributed by atoms with Crippen LogP contribution in [-0.4, -0.2) is 43.9 Å². The SMILES string of the molecule is CN(C)C(=O)CC(c1ccccc1)N(C)C. The molecule has 1 unspecified atom stereocenters. The summed E-state index contributed by atoms with van der Waals surface area (Å²) >= 11 is 0. The van der Waals surface area contributed by atoms with E-state index in [9.17, 15) is 4.79 Å². The molecule has 1 atom stereocenters. The molecule has 88 valence electrons. The first-order valence-electron chi connectivity index (χ1n) is 5.44. The molecule has 0 saturated heterocycles. The third-order valence-electron chi connectivity index (χ3n) is 2.67. The summed E-state index contributed by atoms with van der Waals surface area (Å²) in [5.41, 5.74) is 1.18. The van der Waals surface area contributed by atoms with Gasteiger partial charge in [0.05, 0.1) is 0 Å². The van der Waals surface area contributed by atoms with Gasteiger partial charge in [-0.05, 0) is 19.7 Å². The van der Waals surface area contributed by atoms with Gasteiger partial charge < -0.3 is 9.80 Å². The number of benzene rings is 1. The van der Waals surface area contributed by atoms with E-state index < -0.39 is 0 Å². The molecule has 0 radical (unpaired) electrons. The van der Waals surface area contributed by atoms with Gasteiger partial charge in [-0.3, -0.25) is 4.79 Å². The Hall–Kier alpha value is -1.35. The van der Waals surface area contributed by atoms with Gasteiger partial charge in [-0.25, -0.2) is 0 Å². The molecule has 0 spiro atoms. The van der Waals surface area contributed by atoms with Crippen molar-refractivity contribution in [2.75, 3.05) is 28.2 Å². The maximum Gasteiger partial charge on any atom is 0.223 e. The van der Waals surface area contributed by atoms with Crippen LogP contribution in [0.2, 0.25) is 0 Å². The van der Waals surface area contributed by atoms with E-state index in [2.05, 4.69) is 17.0 Å². The minimum atomic E-state index is 0.149. The molecule has 0 aromatic heterocycles. The minimum absolute atomic E-state index is 0.149. The molecule has 1 aromatic carbocycles. The summed E-state index contributed by atoms with van der Waals surface area (Å²) in [6.07, 6.45) is 0.518. The van der Waals surface area contributed by atoms with Crippen LogP contribution in [0.4, 0.5) is 0 Å². The molecular weight excluding hydrogens is 200 g/mol. The summed E-state index contributed by atoms with van der Waals surface area (Å²) in [4.78, 5) is 15.4. The first-order chi connectivity index (χ1) is 7.52. The smallest absolute Gasteiger partial charge is 0.223 e. The zero-order chi connectivity index (χ0) is 12.1. The van der Waals surface area contributed by atoms with Crippen LogP contribution in [0.3, 0.4) is 0 Å². The van der Waals surface area contributed by atoms with Gasteiger partial charge in [0.2, 0.25) is 5.91 Å². The Morgan fingerprint density at radius 3 is 2.12 bits per heavy atom. The van der Waals surface area contributed by atoms with E-state index in [-0.39, 0.29) is 11.9 Å². The highest BCUT2D eigenvalue weighted by Crippen LogP contribution is 2.21. The standard InChI is InChI=1S/C13H20N2O/c1-14(2)12(10-13(16)15(3)4)11-8-6-5-7-9-11/h5-9,12H,10H2,1-4H3. The van der Waals surface area contributed by atoms with Crippen molar-refractivity contribution in [2.45, 2.75) is 12.5 Å². The number of hydrogen-bond acceptors (Lipinski definition) is 2. The second kappa shape index (κ2) is 5.66. The fraction of sp³-hybridized carbons (Fsp3) is 0.462. The summed E-state index contributed by atoms with van der Waals surface area (Å²) in [6.45, 7) is 0. The summed E-state index contributed by atoms with van der Waals surface area (Å²) in [5, 5.41) is 0. The monoisotopic (exact) mass is 220 g/mol. The highest BCUT2D eigenvalue weighted by atomic mass is 16.2. The fourth-order valence-corrected chi connectivity index (χ4v) is 1.62. The zero-order valence-corrected chi connectivity index (χ0v) is 10.5. The fourth-order valence-electron chi connectivity index (χ4n) is 1.62. The van der Waals surface area contributed by atoms with Gasteiger partial charge in [0.25, 0.3) is 0 Å². The predicted octanol–water partition coefficient (Wildman–Crippen LogP) is 1.77. The highest BCUT2D eigenvalue weighted by molar-refractivity contribution is 5.76. The van der Waals surface area contributed by atoms with Gasteiger partial charge in [-0.15, -0.1) is 0 Å². The number of rotatable bonds is 4. The molecule has 1 rings (SSSR count). The lowest BCUT2D eigenvalue weighted by atomic mass is 10.0. The van der Waals surface area contributed by atoms with Gasteiger partial charge >= 0.3 is 0 Å². The lowest BCUT2D eigenvalue weighted by Crippen LogP contribution is -2.29. The van der Waals surface area contributed by atoms with E-state index in [1.165, 1.54) is 5.56 Å². The normalized spacial score (nSPS) is 12.6. The molecule has 0 saturated carbocycles. The third kappa shape index (κ3) is 3.35. The quantitative estimate of drug-likeness (QED) is 0.772. The maximum absolute atomic E-state index is 11.7. The Morgan fingerprint density at radius 1 is 1.12 bits per heavy atom. The molecule has 16 heavy (non-hydrogen) atoms. The van der Waals surface area contributed by atoms with Crippen molar-refractivity contribution >= 4 is 5.91 Å². The predicted molar refractivity (Wildman–Crippen MR) is 66.2 cm³/mol. The van der Waals surface area contributed by atoms with E-state index in [0.29, 0.717) is 6.42 Å². The summed E-state index contributed by atoms with van der Waals surface area (Å²) in [7, 11) is 7.58. The van der Waals surface area contributed by atoms with Crippen molar-refractivity contribution in [2.24, 2.45) is 0 Å². The molecule has 0 aliphatic carbocycles. The summed E-state index contributed by atoms with van der Waals surface area (Å²) in [6, 6.07) is 10.3. The van der Waals surface area contributed by atoms with Crippen LogP contribution in [0.25, 0.3) is 0 Å². The maximum atomic E-state index is 11.7. The molecule has 0 N–H and O–H groups in total. The average Bonchev–Trinajstić information content (AvgIpc) is 2.26. The van der Waals surface area contributed by atoms with Crippen LogP contribution in [0.5, 0.6) is 0 Å². The second-order valence-corrected chi connectivity index (χ2v) is 4.38. The zero-order valence-electron chi connectivity index (χ0n) is 10.5. The first kappa shape index (κ1) is 12.7. The van der Waals surface area contributed by atoms with Crippen molar-refractivity contribution in [1.82, 2.24) is 9.80 Å². The van der Waals surface area contributed by atoms with Crippen LogP contribution >= 0.6 is 0 Å². The highest BCUT2D eigenvalue weighted by Gasteiger charge is 2.18. The largest absolute Gasteiger partial charge is 0.349 e. The Labute approximate surface area is 97.7 Å². The second-order valence-electron chi connectivity index (χ2n) is 4.38. The molecule has 0 aliphatic heterocycles. The lowest BCUT2D eigenvalue weighted by molar-refractivity contribution is -0.129. The van der Waals surface area contributed by atoms with Gasteiger partial charge in [0, 0.05) is 26.6 Å². The van der Waals surface area contributed by atoms with Gasteiger partial charge in [-0.2, -0.15) is 0 Å². The Morgan fingerprint density at radius 2 is 1.69 bits per heavy atom. The average molecular weight is 220 g/mol. The Kier molecular flexibility index (Phi) is 4.50. The van der Waals surface area contributed by atoms with Crippen molar-refractivity contribution in [3.8, 4) is 0 Å². The third-order valence-corrected chi connectivity index (χ3v) is 2.67. The van der Waals surface area contributed by atoms with Crippen LogP contribution in [-0.2, 0) is 4.79 Å². The Balaban J connectivity index is 2.81. The van der Waals surface area contributed by atoms with Crippen molar-refractivity contribution in [3.05, 3.63) is 35.9 Å². The number of nitrogens with zero attached hydrogens (tertiary/aromatic N) is 2. The van der Waals surface area contributed by atoms with Crippen LogP contribution in [0, 0.1) is 0 Å². The van der Waals surface area contributed by atoms with Crippen LogP contribution in [0.1, 0.15) is 18.0 Å². The van der Waals surface area contributed by atoms with Gasteiger partial charge in [0.1, 0.15) is 0 Å². The number of carbonyl (C=O) groups is 1. The van der Waals surface area contributed by atoms with E-state index in [1.807, 2.05) is 32.3 Å². The number of hydrogen-bond donors (Lipinski definition) is 0. The van der Waals surface area contributed by atoms with E-state index in [0.717, 1.165) is 0 Å². The molecule has 0 heterocycles. The molecule has 1 aromatic rings.